The van der Waals surface area contributed by atoms with Crippen molar-refractivity contribution in [1.29, 1.82) is 5.26 Å². The fourth-order valence-electron chi connectivity index (χ4n) is 5.06. The maximum absolute atomic E-state index is 9.57. The van der Waals surface area contributed by atoms with E-state index in [1.807, 2.05) is 0 Å². The monoisotopic (exact) mass is 275 g/mol. The van der Waals surface area contributed by atoms with Crippen LogP contribution in [0.5, 0.6) is 0 Å². The van der Waals surface area contributed by atoms with Crippen LogP contribution in [0, 0.1) is 17.2 Å². The fourth-order valence-corrected chi connectivity index (χ4v) is 5.06. The Morgan fingerprint density at radius 3 is 2.80 bits per heavy atom. The molecule has 3 aliphatic rings. The van der Waals surface area contributed by atoms with Gasteiger partial charge in [-0.25, -0.2) is 0 Å². The van der Waals surface area contributed by atoms with Crippen LogP contribution in [0.25, 0.3) is 0 Å². The molecule has 0 amide bonds. The van der Waals surface area contributed by atoms with Gasteiger partial charge in [-0.2, -0.15) is 5.26 Å². The third-order valence-electron chi connectivity index (χ3n) is 5.97. The van der Waals surface area contributed by atoms with E-state index in [2.05, 4.69) is 23.2 Å². The number of nitrogens with one attached hydrogen (secondary N) is 1. The van der Waals surface area contributed by atoms with E-state index in [-0.39, 0.29) is 5.54 Å². The van der Waals surface area contributed by atoms with E-state index in [1.165, 1.54) is 51.5 Å². The topological polar surface area (TPSA) is 39.1 Å². The standard InChI is InChI=1S/C17H29N3/c1-2-19-17(13-18)10-9-15(12-17)20-11-5-7-14-6-3-4-8-16(14)20/h14-16,19H,2-12H2,1H3/t14-,15?,16-,17?/m1/s1. The van der Waals surface area contributed by atoms with Gasteiger partial charge in [0.05, 0.1) is 6.07 Å². The molecule has 0 aromatic heterocycles. The number of hydrogen-bond donors (Lipinski definition) is 1. The number of rotatable bonds is 3. The average molecular weight is 275 g/mol. The minimum Gasteiger partial charge on any atom is -0.300 e. The molecule has 0 radical (unpaired) electrons. The quantitative estimate of drug-likeness (QED) is 0.860. The van der Waals surface area contributed by atoms with Gasteiger partial charge >= 0.3 is 0 Å². The zero-order valence-corrected chi connectivity index (χ0v) is 12.9. The first-order chi connectivity index (χ1) is 9.78. The Labute approximate surface area is 123 Å². The Bertz CT molecular complexity index is 373. The van der Waals surface area contributed by atoms with Crippen molar-refractivity contribution in [2.24, 2.45) is 5.92 Å². The number of fused-ring (bicyclic) bond motifs is 1. The summed E-state index contributed by atoms with van der Waals surface area (Å²) in [4.78, 5) is 2.81. The Kier molecular flexibility index (Phi) is 4.33. The highest BCUT2D eigenvalue weighted by Gasteiger charge is 2.44. The lowest BCUT2D eigenvalue weighted by molar-refractivity contribution is 0.0261. The molecule has 2 saturated carbocycles. The highest BCUT2D eigenvalue weighted by Crippen LogP contribution is 2.41. The second kappa shape index (κ2) is 6.03. The number of nitriles is 1. The zero-order chi connectivity index (χ0) is 14.0. The molecule has 20 heavy (non-hydrogen) atoms. The van der Waals surface area contributed by atoms with Crippen LogP contribution in [0.2, 0.25) is 0 Å². The molecule has 1 aliphatic heterocycles. The van der Waals surface area contributed by atoms with Crippen molar-refractivity contribution in [1.82, 2.24) is 10.2 Å². The average Bonchev–Trinajstić information content (AvgIpc) is 2.92. The molecule has 112 valence electrons. The number of piperidine rings is 1. The van der Waals surface area contributed by atoms with Crippen LogP contribution in [-0.4, -0.2) is 35.6 Å². The molecule has 1 heterocycles. The summed E-state index contributed by atoms with van der Waals surface area (Å²) < 4.78 is 0. The summed E-state index contributed by atoms with van der Waals surface area (Å²) in [5.41, 5.74) is -0.235. The van der Waals surface area contributed by atoms with Gasteiger partial charge in [0.25, 0.3) is 0 Å². The third kappa shape index (κ3) is 2.61. The first-order valence-electron chi connectivity index (χ1n) is 8.70. The van der Waals surface area contributed by atoms with E-state index >= 15 is 0 Å². The zero-order valence-electron chi connectivity index (χ0n) is 12.9. The van der Waals surface area contributed by atoms with Crippen LogP contribution in [0.1, 0.15) is 64.7 Å². The minimum absolute atomic E-state index is 0.235. The van der Waals surface area contributed by atoms with Gasteiger partial charge in [0, 0.05) is 12.1 Å². The first-order valence-corrected chi connectivity index (χ1v) is 8.70. The largest absolute Gasteiger partial charge is 0.300 e. The highest BCUT2D eigenvalue weighted by molar-refractivity contribution is 5.14. The van der Waals surface area contributed by atoms with Gasteiger partial charge in [-0.3, -0.25) is 10.2 Å². The van der Waals surface area contributed by atoms with E-state index in [9.17, 15) is 5.26 Å². The van der Waals surface area contributed by atoms with Crippen molar-refractivity contribution in [3.8, 4) is 6.07 Å². The molecule has 0 aromatic rings. The van der Waals surface area contributed by atoms with Crippen molar-refractivity contribution < 1.29 is 0 Å². The normalized spacial score (nSPS) is 42.1. The Morgan fingerprint density at radius 1 is 1.20 bits per heavy atom. The third-order valence-corrected chi connectivity index (χ3v) is 5.97. The summed E-state index contributed by atoms with van der Waals surface area (Å²) in [5.74, 6) is 0.953. The van der Waals surface area contributed by atoms with E-state index in [0.29, 0.717) is 6.04 Å². The number of nitrogens with zero attached hydrogens (tertiary/aromatic N) is 2. The van der Waals surface area contributed by atoms with Crippen molar-refractivity contribution in [3.05, 3.63) is 0 Å². The first kappa shape index (κ1) is 14.4. The summed E-state index contributed by atoms with van der Waals surface area (Å²) in [6.45, 7) is 4.30. The number of likely N-dealkylation sites (tertiary alicyclic amines) is 1. The predicted octanol–water partition coefficient (Wildman–Crippen LogP) is 3.07. The summed E-state index contributed by atoms with van der Waals surface area (Å²) in [6, 6.07) is 4.07. The van der Waals surface area contributed by atoms with Crippen molar-refractivity contribution >= 4 is 0 Å². The van der Waals surface area contributed by atoms with E-state index in [4.69, 9.17) is 0 Å². The van der Waals surface area contributed by atoms with Crippen LogP contribution >= 0.6 is 0 Å². The molecule has 3 heteroatoms. The molecule has 0 spiro atoms. The van der Waals surface area contributed by atoms with Crippen molar-refractivity contribution in [3.63, 3.8) is 0 Å². The molecular weight excluding hydrogens is 246 g/mol. The maximum atomic E-state index is 9.57. The molecule has 2 unspecified atom stereocenters. The van der Waals surface area contributed by atoms with Gasteiger partial charge in [-0.1, -0.05) is 19.8 Å². The summed E-state index contributed by atoms with van der Waals surface area (Å²) in [6.07, 6.45) is 11.8. The van der Waals surface area contributed by atoms with Crippen LogP contribution < -0.4 is 5.32 Å². The van der Waals surface area contributed by atoms with Crippen LogP contribution in [0.4, 0.5) is 0 Å². The molecule has 0 aromatic carbocycles. The Balaban J connectivity index is 1.68. The molecular formula is C17H29N3. The highest BCUT2D eigenvalue weighted by atomic mass is 15.2. The Hall–Kier alpha value is -0.590. The molecule has 3 rings (SSSR count). The van der Waals surface area contributed by atoms with E-state index in [0.717, 1.165) is 31.3 Å². The second-order valence-corrected chi connectivity index (χ2v) is 7.11. The van der Waals surface area contributed by atoms with Crippen molar-refractivity contribution in [2.45, 2.75) is 82.3 Å². The molecule has 4 atom stereocenters. The molecule has 0 bridgehead atoms. The lowest BCUT2D eigenvalue weighted by atomic mass is 9.77. The SMILES string of the molecule is CCNC1(C#N)CCC(N2CCC[C@H]3CCCC[C@H]32)C1. The van der Waals surface area contributed by atoms with Gasteiger partial charge in [0.15, 0.2) is 0 Å². The van der Waals surface area contributed by atoms with Gasteiger partial charge in [0.1, 0.15) is 5.54 Å². The van der Waals surface area contributed by atoms with E-state index < -0.39 is 0 Å². The molecule has 1 saturated heterocycles. The Morgan fingerprint density at radius 2 is 2.00 bits per heavy atom. The predicted molar refractivity (Wildman–Crippen MR) is 81.3 cm³/mol. The van der Waals surface area contributed by atoms with Gasteiger partial charge in [-0.05, 0) is 64.0 Å². The second-order valence-electron chi connectivity index (χ2n) is 7.11. The van der Waals surface area contributed by atoms with Crippen LogP contribution in [-0.2, 0) is 0 Å². The summed E-state index contributed by atoms with van der Waals surface area (Å²) in [7, 11) is 0. The van der Waals surface area contributed by atoms with Gasteiger partial charge < -0.3 is 0 Å². The maximum Gasteiger partial charge on any atom is 0.108 e. The molecule has 1 N–H and O–H groups in total. The van der Waals surface area contributed by atoms with Gasteiger partial charge in [0.2, 0.25) is 0 Å². The molecule has 2 aliphatic carbocycles. The smallest absolute Gasteiger partial charge is 0.108 e. The van der Waals surface area contributed by atoms with Crippen LogP contribution in [0.3, 0.4) is 0 Å². The van der Waals surface area contributed by atoms with Crippen molar-refractivity contribution in [2.75, 3.05) is 13.1 Å². The lowest BCUT2D eigenvalue weighted by Crippen LogP contribution is -2.52. The summed E-state index contributed by atoms with van der Waals surface area (Å²) >= 11 is 0. The lowest BCUT2D eigenvalue weighted by Gasteiger charge is -2.47. The number of hydrogen-bond acceptors (Lipinski definition) is 3. The minimum atomic E-state index is -0.235. The summed E-state index contributed by atoms with van der Waals surface area (Å²) in [5, 5.41) is 13.0. The molecule has 3 nitrogen and oxygen atoms in total. The van der Waals surface area contributed by atoms with E-state index in [1.54, 1.807) is 0 Å². The fraction of sp³-hybridized carbons (Fsp3) is 0.941. The van der Waals surface area contributed by atoms with Crippen LogP contribution in [0.15, 0.2) is 0 Å². The van der Waals surface area contributed by atoms with Gasteiger partial charge in [-0.15, -0.1) is 0 Å². The molecule has 3 fully saturated rings.